The highest BCUT2D eigenvalue weighted by Gasteiger charge is 2.39. The highest BCUT2D eigenvalue weighted by molar-refractivity contribution is 6.06. The molecule has 0 saturated carbocycles. The number of allylic oxidation sites excluding steroid dienone is 1. The highest BCUT2D eigenvalue weighted by Crippen LogP contribution is 2.40. The molecule has 1 atom stereocenters. The van der Waals surface area contributed by atoms with Gasteiger partial charge in [-0.2, -0.15) is 0 Å². The van der Waals surface area contributed by atoms with E-state index < -0.39 is 11.9 Å². The molecular formula is C25H28N4O4. The number of carbonyl (C=O) groups is 2. The van der Waals surface area contributed by atoms with E-state index in [0.717, 1.165) is 12.0 Å². The predicted octanol–water partition coefficient (Wildman–Crippen LogP) is 3.26. The summed E-state index contributed by atoms with van der Waals surface area (Å²) in [6, 6.07) is 18.8. The van der Waals surface area contributed by atoms with Crippen LogP contribution in [0.1, 0.15) is 25.3 Å². The smallest absolute Gasteiger partial charge is 0.336 e. The molecule has 8 heteroatoms. The lowest BCUT2D eigenvalue weighted by Crippen LogP contribution is -2.42. The molecule has 2 N–H and O–H groups in total. The fourth-order valence-corrected chi connectivity index (χ4v) is 3.86. The van der Waals surface area contributed by atoms with E-state index in [1.54, 1.807) is 20.9 Å². The Morgan fingerprint density at radius 2 is 1.76 bits per heavy atom. The molecule has 3 rings (SSSR count). The number of hydroxylamine groups is 1. The van der Waals surface area contributed by atoms with Crippen molar-refractivity contribution < 1.29 is 19.2 Å². The number of hydrogen-bond donors (Lipinski definition) is 2. The molecule has 1 unspecified atom stereocenters. The first kappa shape index (κ1) is 23.7. The molecule has 172 valence electrons. The first-order valence-electron chi connectivity index (χ1n) is 10.6. The predicted molar refractivity (Wildman–Crippen MR) is 127 cm³/mol. The number of ether oxygens (including phenoxy) is 1. The van der Waals surface area contributed by atoms with E-state index >= 15 is 0 Å². The lowest BCUT2D eigenvalue weighted by Gasteiger charge is -2.36. The van der Waals surface area contributed by atoms with Gasteiger partial charge in [0.1, 0.15) is 5.82 Å². The second kappa shape index (κ2) is 11.1. The van der Waals surface area contributed by atoms with Gasteiger partial charge in [-0.3, -0.25) is 19.5 Å². The van der Waals surface area contributed by atoms with Crippen LogP contribution in [0.5, 0.6) is 0 Å². The fraction of sp³-hybridized carbons (Fsp3) is 0.240. The van der Waals surface area contributed by atoms with Gasteiger partial charge in [-0.25, -0.2) is 10.3 Å². The number of nitrogens with one attached hydrogen (secondary N) is 2. The van der Waals surface area contributed by atoms with Gasteiger partial charge in [-0.15, -0.1) is 0 Å². The topological polar surface area (TPSA) is 92.3 Å². The van der Waals surface area contributed by atoms with Crippen LogP contribution in [0.25, 0.3) is 0 Å². The van der Waals surface area contributed by atoms with Crippen molar-refractivity contribution >= 4 is 23.9 Å². The fourth-order valence-electron chi connectivity index (χ4n) is 3.86. The molecular weight excluding hydrogens is 420 g/mol. The summed E-state index contributed by atoms with van der Waals surface area (Å²) in [5.74, 6) is -0.196. The minimum absolute atomic E-state index is 0.235. The maximum atomic E-state index is 13.1. The van der Waals surface area contributed by atoms with E-state index in [4.69, 9.17) is 9.57 Å². The van der Waals surface area contributed by atoms with Gasteiger partial charge in [0.2, 0.25) is 6.41 Å². The van der Waals surface area contributed by atoms with Gasteiger partial charge in [0.15, 0.2) is 5.84 Å². The minimum Gasteiger partial charge on any atom is -0.463 e. The summed E-state index contributed by atoms with van der Waals surface area (Å²) in [7, 11) is 3.08. The molecule has 1 aliphatic rings. The Balaban J connectivity index is 2.33. The monoisotopic (exact) mass is 448 g/mol. The van der Waals surface area contributed by atoms with E-state index in [-0.39, 0.29) is 6.61 Å². The maximum Gasteiger partial charge on any atom is 0.336 e. The molecule has 33 heavy (non-hydrogen) atoms. The third kappa shape index (κ3) is 4.96. The normalized spacial score (nSPS) is 16.2. The Bertz CT molecular complexity index is 1080. The van der Waals surface area contributed by atoms with Crippen LogP contribution < -0.4 is 15.7 Å². The molecule has 1 aliphatic heterocycles. The van der Waals surface area contributed by atoms with Gasteiger partial charge < -0.3 is 10.1 Å². The quantitative estimate of drug-likeness (QED) is 0.212. The summed E-state index contributed by atoms with van der Waals surface area (Å²) < 4.78 is 5.40. The van der Waals surface area contributed by atoms with Crippen LogP contribution >= 0.6 is 0 Å². The number of dihydropyridines is 1. The van der Waals surface area contributed by atoms with E-state index in [0.29, 0.717) is 34.2 Å². The summed E-state index contributed by atoms with van der Waals surface area (Å²) in [5.41, 5.74) is 5.87. The van der Waals surface area contributed by atoms with Gasteiger partial charge in [-0.1, -0.05) is 48.5 Å². The molecule has 0 bridgehead atoms. The zero-order chi connectivity index (χ0) is 23.8. The number of aliphatic imine (C=N–C) groups is 1. The van der Waals surface area contributed by atoms with Gasteiger partial charge in [0.25, 0.3) is 0 Å². The Morgan fingerprint density at radius 3 is 2.30 bits per heavy atom. The van der Waals surface area contributed by atoms with E-state index in [2.05, 4.69) is 15.8 Å². The second-order valence-electron chi connectivity index (χ2n) is 7.18. The first-order valence-corrected chi connectivity index (χ1v) is 10.6. The van der Waals surface area contributed by atoms with Crippen LogP contribution in [-0.4, -0.2) is 39.0 Å². The Kier molecular flexibility index (Phi) is 7.99. The van der Waals surface area contributed by atoms with E-state index in [1.165, 1.54) is 12.0 Å². The molecule has 2 aromatic rings. The number of nitrogens with zero attached hydrogens (tertiary/aromatic N) is 2. The molecule has 0 fully saturated rings. The largest absolute Gasteiger partial charge is 0.463 e. The Hall–Kier alpha value is -3.91. The number of amides is 1. The number of rotatable bonds is 8. The van der Waals surface area contributed by atoms with Crippen LogP contribution in [0.3, 0.4) is 0 Å². The molecule has 1 amide bonds. The average molecular weight is 449 g/mol. The summed E-state index contributed by atoms with van der Waals surface area (Å²) in [6.07, 6.45) is 0.725. The second-order valence-corrected chi connectivity index (χ2v) is 7.18. The number of esters is 1. The zero-order valence-electron chi connectivity index (χ0n) is 19.2. The number of anilines is 1. The SMILES string of the molecule is CCOC(=O)C1=C(C)NC(N(C=O)c2ccccc2)=C(C(=NC)NOC)C1c1ccccc1. The van der Waals surface area contributed by atoms with Gasteiger partial charge in [-0.05, 0) is 31.5 Å². The van der Waals surface area contributed by atoms with Crippen molar-refractivity contribution in [3.63, 3.8) is 0 Å². The number of para-hydroxylation sites is 1. The Morgan fingerprint density at radius 1 is 1.12 bits per heavy atom. The number of benzene rings is 2. The number of hydrogen-bond acceptors (Lipinski definition) is 6. The number of carbonyl (C=O) groups excluding carboxylic acids is 2. The van der Waals surface area contributed by atoms with Crippen molar-refractivity contribution in [1.29, 1.82) is 0 Å². The zero-order valence-corrected chi connectivity index (χ0v) is 19.2. The van der Waals surface area contributed by atoms with Gasteiger partial charge >= 0.3 is 5.97 Å². The summed E-state index contributed by atoms with van der Waals surface area (Å²) in [4.78, 5) is 36.5. The van der Waals surface area contributed by atoms with Crippen LogP contribution in [0.4, 0.5) is 5.69 Å². The average Bonchev–Trinajstić information content (AvgIpc) is 2.84. The molecule has 0 aliphatic carbocycles. The van der Waals surface area contributed by atoms with Crippen molar-refractivity contribution in [1.82, 2.24) is 10.8 Å². The van der Waals surface area contributed by atoms with Crippen LogP contribution in [-0.2, 0) is 19.2 Å². The lowest BCUT2D eigenvalue weighted by molar-refractivity contribution is -0.138. The third-order valence-electron chi connectivity index (χ3n) is 5.23. The molecule has 1 heterocycles. The third-order valence-corrected chi connectivity index (χ3v) is 5.23. The van der Waals surface area contributed by atoms with Crippen LogP contribution in [0.2, 0.25) is 0 Å². The highest BCUT2D eigenvalue weighted by atomic mass is 16.6. The first-order chi connectivity index (χ1) is 16.1. The standard InChI is InChI=1S/C25H28N4O4/c1-5-33-25(31)20-17(2)27-24(29(16-30)19-14-10-7-11-15-19)22(23(26-3)28-32-4)21(20)18-12-8-6-9-13-18/h6-16,21,27H,5H2,1-4H3,(H,26,28). The summed E-state index contributed by atoms with van der Waals surface area (Å²) in [6.45, 7) is 3.79. The number of amidine groups is 1. The Labute approximate surface area is 193 Å². The molecule has 0 saturated heterocycles. The molecule has 2 aromatic carbocycles. The molecule has 0 radical (unpaired) electrons. The molecule has 0 spiro atoms. The van der Waals surface area contributed by atoms with E-state index in [1.807, 2.05) is 60.7 Å². The van der Waals surface area contributed by atoms with Crippen molar-refractivity contribution in [2.75, 3.05) is 25.7 Å². The van der Waals surface area contributed by atoms with Gasteiger partial charge in [0.05, 0.1) is 30.9 Å². The summed E-state index contributed by atoms with van der Waals surface area (Å²) >= 11 is 0. The van der Waals surface area contributed by atoms with Gasteiger partial charge in [0, 0.05) is 18.3 Å². The minimum atomic E-state index is -0.575. The maximum absolute atomic E-state index is 13.1. The molecule has 0 aromatic heterocycles. The van der Waals surface area contributed by atoms with Crippen LogP contribution in [0.15, 0.2) is 88.3 Å². The lowest BCUT2D eigenvalue weighted by atomic mass is 9.80. The van der Waals surface area contributed by atoms with Crippen molar-refractivity contribution in [3.8, 4) is 0 Å². The molecule has 8 nitrogen and oxygen atoms in total. The van der Waals surface area contributed by atoms with E-state index in [9.17, 15) is 9.59 Å². The van der Waals surface area contributed by atoms with Crippen molar-refractivity contribution in [2.24, 2.45) is 4.99 Å². The summed E-state index contributed by atoms with van der Waals surface area (Å²) in [5, 5.41) is 3.25. The van der Waals surface area contributed by atoms with Crippen LogP contribution in [0, 0.1) is 0 Å². The van der Waals surface area contributed by atoms with Crippen molar-refractivity contribution in [3.05, 3.63) is 88.9 Å². The van der Waals surface area contributed by atoms with Crippen molar-refractivity contribution in [2.45, 2.75) is 19.8 Å².